The van der Waals surface area contributed by atoms with Crippen molar-refractivity contribution in [3.05, 3.63) is 82.8 Å². The molecular weight excluding hydrogens is 460 g/mol. The van der Waals surface area contributed by atoms with Gasteiger partial charge in [-0.15, -0.1) is 11.8 Å². The molecule has 0 aliphatic carbocycles. The summed E-state index contributed by atoms with van der Waals surface area (Å²) in [5.74, 6) is -0.263. The molecule has 3 aromatic rings. The maximum absolute atomic E-state index is 12.4. The first-order valence-electron chi connectivity index (χ1n) is 8.21. The van der Waals surface area contributed by atoms with Crippen molar-refractivity contribution in [3.63, 3.8) is 0 Å². The molecule has 0 unspecified atom stereocenters. The number of thioether (sulfide) groups is 1. The number of anilines is 2. The van der Waals surface area contributed by atoms with Crippen molar-refractivity contribution in [1.82, 2.24) is 0 Å². The third kappa shape index (κ3) is 5.15. The van der Waals surface area contributed by atoms with Gasteiger partial charge in [0.2, 0.25) is 0 Å². The zero-order valence-electron chi connectivity index (χ0n) is 14.8. The van der Waals surface area contributed by atoms with Crippen LogP contribution in [-0.2, 0) is 10.0 Å². The Morgan fingerprint density at radius 1 is 0.929 bits per heavy atom. The van der Waals surface area contributed by atoms with E-state index in [2.05, 4.69) is 26.0 Å². The van der Waals surface area contributed by atoms with Gasteiger partial charge in [-0.25, -0.2) is 8.42 Å². The van der Waals surface area contributed by atoms with Crippen LogP contribution in [0.3, 0.4) is 0 Å². The summed E-state index contributed by atoms with van der Waals surface area (Å²) in [5, 5.41) is 2.84. The Hall–Kier alpha value is -2.29. The molecule has 8 heteroatoms. The molecular formula is C20H17BrN2O3S2. The number of hydrogen-bond acceptors (Lipinski definition) is 4. The Morgan fingerprint density at radius 3 is 2.25 bits per heavy atom. The van der Waals surface area contributed by atoms with Crippen molar-refractivity contribution in [2.45, 2.75) is 9.79 Å². The second kappa shape index (κ2) is 8.81. The molecule has 0 saturated heterocycles. The highest BCUT2D eigenvalue weighted by atomic mass is 79.9. The predicted octanol–water partition coefficient (Wildman–Crippen LogP) is 5.22. The average Bonchev–Trinajstić information content (AvgIpc) is 2.68. The van der Waals surface area contributed by atoms with E-state index in [4.69, 9.17) is 0 Å². The lowest BCUT2D eigenvalue weighted by Gasteiger charge is -2.10. The zero-order chi connectivity index (χ0) is 20.1. The van der Waals surface area contributed by atoms with Crippen LogP contribution in [0.2, 0.25) is 0 Å². The highest BCUT2D eigenvalue weighted by Crippen LogP contribution is 2.21. The fourth-order valence-corrected chi connectivity index (χ4v) is 4.20. The van der Waals surface area contributed by atoms with Crippen molar-refractivity contribution in [3.8, 4) is 0 Å². The smallest absolute Gasteiger partial charge is 0.261 e. The predicted molar refractivity (Wildman–Crippen MR) is 118 cm³/mol. The van der Waals surface area contributed by atoms with Crippen molar-refractivity contribution in [1.29, 1.82) is 0 Å². The Labute approximate surface area is 176 Å². The van der Waals surface area contributed by atoms with Crippen LogP contribution in [0.1, 0.15) is 10.4 Å². The fraction of sp³-hybridized carbons (Fsp3) is 0.0500. The van der Waals surface area contributed by atoms with E-state index in [0.717, 1.165) is 9.37 Å². The quantitative estimate of drug-likeness (QED) is 0.477. The van der Waals surface area contributed by atoms with Crippen molar-refractivity contribution in [2.24, 2.45) is 0 Å². The molecule has 0 spiro atoms. The summed E-state index contributed by atoms with van der Waals surface area (Å²) >= 11 is 4.87. The second-order valence-electron chi connectivity index (χ2n) is 5.82. The van der Waals surface area contributed by atoms with E-state index in [-0.39, 0.29) is 10.8 Å². The highest BCUT2D eigenvalue weighted by Gasteiger charge is 2.14. The van der Waals surface area contributed by atoms with Crippen LogP contribution in [-0.4, -0.2) is 20.6 Å². The van der Waals surface area contributed by atoms with Crippen LogP contribution in [0.4, 0.5) is 11.4 Å². The van der Waals surface area contributed by atoms with E-state index in [0.29, 0.717) is 16.9 Å². The molecule has 5 nitrogen and oxygen atoms in total. The van der Waals surface area contributed by atoms with E-state index < -0.39 is 10.0 Å². The van der Waals surface area contributed by atoms with Crippen LogP contribution in [0.25, 0.3) is 0 Å². The molecule has 1 amide bonds. The minimum absolute atomic E-state index is 0.159. The lowest BCUT2D eigenvalue weighted by Crippen LogP contribution is -2.14. The van der Waals surface area contributed by atoms with Crippen LogP contribution in [0, 0.1) is 0 Å². The lowest BCUT2D eigenvalue weighted by molar-refractivity contribution is 0.102. The van der Waals surface area contributed by atoms with E-state index in [9.17, 15) is 13.2 Å². The van der Waals surface area contributed by atoms with Gasteiger partial charge in [-0.2, -0.15) is 0 Å². The largest absolute Gasteiger partial charge is 0.322 e. The summed E-state index contributed by atoms with van der Waals surface area (Å²) in [6, 6.07) is 20.2. The molecule has 0 heterocycles. The average molecular weight is 477 g/mol. The number of hydrogen-bond donors (Lipinski definition) is 2. The van der Waals surface area contributed by atoms with Gasteiger partial charge in [0, 0.05) is 26.3 Å². The summed E-state index contributed by atoms with van der Waals surface area (Å²) in [5.41, 5.74) is 1.52. The zero-order valence-corrected chi connectivity index (χ0v) is 18.1. The van der Waals surface area contributed by atoms with Crippen LogP contribution in [0.15, 0.2) is 87.1 Å². The van der Waals surface area contributed by atoms with Gasteiger partial charge in [-0.1, -0.05) is 22.0 Å². The van der Waals surface area contributed by atoms with Gasteiger partial charge in [0.15, 0.2) is 0 Å². The number of carbonyl (C=O) groups excluding carboxylic acids is 1. The second-order valence-corrected chi connectivity index (χ2v) is 9.30. The monoisotopic (exact) mass is 476 g/mol. The van der Waals surface area contributed by atoms with Gasteiger partial charge in [0.1, 0.15) is 0 Å². The SMILES string of the molecule is CSc1cccc(NC(=O)c2ccc(NS(=O)(=O)c3ccc(Br)cc3)cc2)c1. The third-order valence-electron chi connectivity index (χ3n) is 3.85. The number of nitrogens with one attached hydrogen (secondary N) is 2. The molecule has 0 aromatic heterocycles. The van der Waals surface area contributed by atoms with Crippen molar-refractivity contribution >= 4 is 55.0 Å². The van der Waals surface area contributed by atoms with Gasteiger partial charge < -0.3 is 5.32 Å². The van der Waals surface area contributed by atoms with E-state index >= 15 is 0 Å². The van der Waals surface area contributed by atoms with E-state index in [1.54, 1.807) is 48.2 Å². The molecule has 0 saturated carbocycles. The molecule has 0 aliphatic rings. The summed E-state index contributed by atoms with van der Waals surface area (Å²) in [4.78, 5) is 13.6. The first-order chi connectivity index (χ1) is 13.4. The maximum Gasteiger partial charge on any atom is 0.261 e. The minimum atomic E-state index is -3.69. The molecule has 2 N–H and O–H groups in total. The van der Waals surface area contributed by atoms with Gasteiger partial charge in [-0.05, 0) is 73.0 Å². The number of benzene rings is 3. The summed E-state index contributed by atoms with van der Waals surface area (Å²) in [6.07, 6.45) is 1.97. The molecule has 0 aliphatic heterocycles. The van der Waals surface area contributed by atoms with Gasteiger partial charge in [0.25, 0.3) is 15.9 Å². The molecule has 3 rings (SSSR count). The summed E-state index contributed by atoms with van der Waals surface area (Å²) < 4.78 is 28.2. The normalized spacial score (nSPS) is 11.1. The van der Waals surface area contributed by atoms with Crippen LogP contribution >= 0.6 is 27.7 Å². The van der Waals surface area contributed by atoms with E-state index in [1.807, 2.05) is 30.5 Å². The number of carbonyl (C=O) groups is 1. The number of amides is 1. The molecule has 3 aromatic carbocycles. The third-order valence-corrected chi connectivity index (χ3v) is 6.50. The fourth-order valence-electron chi connectivity index (χ4n) is 2.42. The standard InChI is InChI=1S/C20H17BrN2O3S2/c1-27-18-4-2-3-17(13-18)22-20(24)14-5-9-16(10-6-14)23-28(25,26)19-11-7-15(21)8-12-19/h2-13,23H,1H3,(H,22,24). The van der Waals surface area contributed by atoms with Gasteiger partial charge >= 0.3 is 0 Å². The Bertz CT molecular complexity index is 1080. The van der Waals surface area contributed by atoms with Crippen molar-refractivity contribution in [2.75, 3.05) is 16.3 Å². The minimum Gasteiger partial charge on any atom is -0.322 e. The Balaban J connectivity index is 1.70. The Morgan fingerprint density at radius 2 is 1.61 bits per heavy atom. The van der Waals surface area contributed by atoms with Crippen LogP contribution < -0.4 is 10.0 Å². The maximum atomic E-state index is 12.4. The Kier molecular flexibility index (Phi) is 6.43. The van der Waals surface area contributed by atoms with Crippen LogP contribution in [0.5, 0.6) is 0 Å². The summed E-state index contributed by atoms with van der Waals surface area (Å²) in [7, 11) is -3.69. The lowest BCUT2D eigenvalue weighted by atomic mass is 10.2. The summed E-state index contributed by atoms with van der Waals surface area (Å²) in [6.45, 7) is 0. The molecule has 0 radical (unpaired) electrons. The molecule has 144 valence electrons. The molecule has 0 fully saturated rings. The van der Waals surface area contributed by atoms with Gasteiger partial charge in [0.05, 0.1) is 4.90 Å². The number of sulfonamides is 1. The topological polar surface area (TPSA) is 75.3 Å². The highest BCUT2D eigenvalue weighted by molar-refractivity contribution is 9.10. The number of halogens is 1. The molecule has 0 bridgehead atoms. The number of rotatable bonds is 6. The molecule has 28 heavy (non-hydrogen) atoms. The first kappa shape index (κ1) is 20.4. The molecule has 0 atom stereocenters. The van der Waals surface area contributed by atoms with Gasteiger partial charge in [-0.3, -0.25) is 9.52 Å². The van der Waals surface area contributed by atoms with E-state index in [1.165, 1.54) is 12.1 Å². The van der Waals surface area contributed by atoms with Crippen molar-refractivity contribution < 1.29 is 13.2 Å². The first-order valence-corrected chi connectivity index (χ1v) is 11.7.